The van der Waals surface area contributed by atoms with Gasteiger partial charge in [0.1, 0.15) is 29.7 Å². The summed E-state index contributed by atoms with van der Waals surface area (Å²) in [7, 11) is -4.40. The van der Waals surface area contributed by atoms with Gasteiger partial charge in [0, 0.05) is 3.57 Å². The summed E-state index contributed by atoms with van der Waals surface area (Å²) in [5, 5.41) is 0. The lowest BCUT2D eigenvalue weighted by molar-refractivity contribution is 0.0449. The molecule has 140 valence electrons. The van der Waals surface area contributed by atoms with E-state index in [1.54, 1.807) is 28.7 Å². The maximum atomic E-state index is 12.8. The Morgan fingerprint density at radius 1 is 1.08 bits per heavy atom. The van der Waals surface area contributed by atoms with Crippen molar-refractivity contribution in [2.45, 2.75) is 4.90 Å². The first-order chi connectivity index (χ1) is 12.1. The molecule has 0 heterocycles. The van der Waals surface area contributed by atoms with Gasteiger partial charge in [0.25, 0.3) is 10.1 Å². The monoisotopic (exact) mass is 718 g/mol. The Labute approximate surface area is 190 Å². The molecule has 0 radical (unpaired) electrons. The number of ether oxygens (including phenoxy) is 2. The van der Waals surface area contributed by atoms with Crippen molar-refractivity contribution in [2.24, 2.45) is 0 Å². The third-order valence-corrected chi connectivity index (χ3v) is 7.34. The minimum atomic E-state index is -4.40. The zero-order valence-electron chi connectivity index (χ0n) is 12.7. The number of carbonyl (C=O) groups excluding carboxylic acids is 1. The predicted octanol–water partition coefficient (Wildman–Crippen LogP) is 4.12. The molecule has 11 heteroatoms. The van der Waals surface area contributed by atoms with Gasteiger partial charge in [0.15, 0.2) is 0 Å². The second kappa shape index (κ2) is 9.29. The van der Waals surface area contributed by atoms with Gasteiger partial charge in [-0.15, -0.1) is 0 Å². The highest BCUT2D eigenvalue weighted by atomic mass is 127. The van der Waals surface area contributed by atoms with Gasteiger partial charge in [-0.3, -0.25) is 4.55 Å². The number of hydrogen-bond acceptors (Lipinski definition) is 5. The summed E-state index contributed by atoms with van der Waals surface area (Å²) in [4.78, 5) is 11.6. The Morgan fingerprint density at radius 3 is 2.27 bits per heavy atom. The first kappa shape index (κ1) is 22.0. The number of esters is 1. The van der Waals surface area contributed by atoms with Gasteiger partial charge in [-0.1, -0.05) is 0 Å². The number of benzene rings is 2. The van der Waals surface area contributed by atoms with Gasteiger partial charge in [0.05, 0.1) is 12.7 Å². The summed E-state index contributed by atoms with van der Waals surface area (Å²) in [6, 6.07) is 6.48. The maximum Gasteiger partial charge on any atom is 0.338 e. The van der Waals surface area contributed by atoms with Crippen molar-refractivity contribution >= 4 is 83.9 Å². The van der Waals surface area contributed by atoms with Crippen molar-refractivity contribution in [3.05, 3.63) is 52.4 Å². The lowest BCUT2D eigenvalue weighted by Crippen LogP contribution is -2.14. The van der Waals surface area contributed by atoms with E-state index in [9.17, 15) is 22.2 Å². The third kappa shape index (κ3) is 5.62. The maximum absolute atomic E-state index is 12.8. The van der Waals surface area contributed by atoms with Crippen LogP contribution in [0.5, 0.6) is 5.75 Å². The molecule has 1 N–H and O–H groups in total. The van der Waals surface area contributed by atoms with Crippen molar-refractivity contribution < 1.29 is 31.6 Å². The highest BCUT2D eigenvalue weighted by Gasteiger charge is 2.24. The van der Waals surface area contributed by atoms with E-state index < -0.39 is 21.9 Å². The molecule has 0 aliphatic carbocycles. The van der Waals surface area contributed by atoms with Gasteiger partial charge in [-0.05, 0) is 98.1 Å². The smallest absolute Gasteiger partial charge is 0.338 e. The largest absolute Gasteiger partial charge is 0.488 e. The van der Waals surface area contributed by atoms with Gasteiger partial charge < -0.3 is 9.47 Å². The molecule has 0 saturated heterocycles. The molecule has 2 aromatic rings. The summed E-state index contributed by atoms with van der Waals surface area (Å²) in [6.07, 6.45) is 0. The molecular formula is C15H10FI3O6S. The fourth-order valence-electron chi connectivity index (χ4n) is 1.87. The topological polar surface area (TPSA) is 89.9 Å². The average Bonchev–Trinajstić information content (AvgIpc) is 2.52. The van der Waals surface area contributed by atoms with Crippen LogP contribution in [-0.2, 0) is 14.9 Å². The van der Waals surface area contributed by atoms with Gasteiger partial charge >= 0.3 is 5.97 Å². The second-order valence-electron chi connectivity index (χ2n) is 4.78. The summed E-state index contributed by atoms with van der Waals surface area (Å²) in [5.74, 6) is -0.807. The second-order valence-corrected chi connectivity index (χ2v) is 9.54. The van der Waals surface area contributed by atoms with E-state index in [2.05, 4.69) is 0 Å². The number of rotatable bonds is 6. The zero-order chi connectivity index (χ0) is 19.5. The van der Waals surface area contributed by atoms with Crippen LogP contribution in [0.2, 0.25) is 0 Å². The Hall–Kier alpha value is -0.260. The van der Waals surface area contributed by atoms with E-state index in [0.717, 1.165) is 12.1 Å². The summed E-state index contributed by atoms with van der Waals surface area (Å²) in [5.41, 5.74) is 0.207. The Balaban J connectivity index is 2.04. The molecule has 2 aromatic carbocycles. The third-order valence-electron chi connectivity index (χ3n) is 2.99. The van der Waals surface area contributed by atoms with Crippen molar-refractivity contribution in [1.82, 2.24) is 0 Å². The molecule has 6 nitrogen and oxygen atoms in total. The first-order valence-corrected chi connectivity index (χ1v) is 11.5. The van der Waals surface area contributed by atoms with Crippen LogP contribution >= 0.6 is 67.8 Å². The molecule has 0 amide bonds. The molecule has 2 rings (SSSR count). The molecule has 0 aromatic heterocycles. The molecular weight excluding hydrogens is 708 g/mol. The summed E-state index contributed by atoms with van der Waals surface area (Å²) < 4.78 is 57.1. The van der Waals surface area contributed by atoms with E-state index in [-0.39, 0.29) is 33.0 Å². The van der Waals surface area contributed by atoms with E-state index in [1.807, 2.05) is 45.2 Å². The van der Waals surface area contributed by atoms with Gasteiger partial charge in [-0.2, -0.15) is 8.42 Å². The molecule has 0 aliphatic heterocycles. The van der Waals surface area contributed by atoms with Crippen LogP contribution in [-0.4, -0.2) is 32.2 Å². The number of hydrogen-bond donors (Lipinski definition) is 1. The molecule has 26 heavy (non-hydrogen) atoms. The van der Waals surface area contributed by atoms with E-state index in [4.69, 9.17) is 9.47 Å². The van der Waals surface area contributed by atoms with Crippen LogP contribution in [0.3, 0.4) is 0 Å². The quantitative estimate of drug-likeness (QED) is 0.210. The normalized spacial score (nSPS) is 11.3. The molecule has 0 fully saturated rings. The molecule has 0 atom stereocenters. The van der Waals surface area contributed by atoms with E-state index in [0.29, 0.717) is 7.14 Å². The highest BCUT2D eigenvalue weighted by molar-refractivity contribution is 14.1. The van der Waals surface area contributed by atoms with Crippen molar-refractivity contribution in [1.29, 1.82) is 0 Å². The highest BCUT2D eigenvalue weighted by Crippen LogP contribution is 2.35. The Bertz CT molecular complexity index is 931. The molecule has 0 bridgehead atoms. The van der Waals surface area contributed by atoms with E-state index >= 15 is 0 Å². The van der Waals surface area contributed by atoms with Crippen molar-refractivity contribution in [3.8, 4) is 5.75 Å². The first-order valence-electron chi connectivity index (χ1n) is 6.81. The van der Waals surface area contributed by atoms with Crippen LogP contribution in [0.1, 0.15) is 10.4 Å². The van der Waals surface area contributed by atoms with Crippen molar-refractivity contribution in [2.75, 3.05) is 13.2 Å². The SMILES string of the molecule is O=C(OCCOc1c(I)cc(I)c(S(=O)(=O)O)c1I)c1ccc(F)cc1. The average molecular weight is 718 g/mol. The van der Waals surface area contributed by atoms with E-state index in [1.165, 1.54) is 12.1 Å². The minimum Gasteiger partial charge on any atom is -0.488 e. The Kier molecular flexibility index (Phi) is 7.87. The molecule has 0 unspecified atom stereocenters. The van der Waals surface area contributed by atoms with Crippen LogP contribution in [0.25, 0.3) is 0 Å². The lowest BCUT2D eigenvalue weighted by atomic mass is 10.2. The van der Waals surface area contributed by atoms with Gasteiger partial charge in [-0.25, -0.2) is 9.18 Å². The molecule has 0 aliphatic rings. The van der Waals surface area contributed by atoms with Crippen molar-refractivity contribution in [3.63, 3.8) is 0 Å². The molecule has 0 spiro atoms. The fraction of sp³-hybridized carbons (Fsp3) is 0.133. The fourth-order valence-corrected chi connectivity index (χ4v) is 7.85. The number of halogens is 4. The molecule has 0 saturated carbocycles. The summed E-state index contributed by atoms with van der Waals surface area (Å²) in [6.45, 7) is -0.111. The number of carbonyl (C=O) groups is 1. The van der Waals surface area contributed by atoms with Gasteiger partial charge in [0.2, 0.25) is 0 Å². The lowest BCUT2D eigenvalue weighted by Gasteiger charge is -2.14. The minimum absolute atomic E-state index is 0.0234. The van der Waals surface area contributed by atoms with Crippen LogP contribution in [0.15, 0.2) is 35.2 Å². The Morgan fingerprint density at radius 2 is 1.69 bits per heavy atom. The zero-order valence-corrected chi connectivity index (χ0v) is 20.0. The van der Waals surface area contributed by atoms with Crippen LogP contribution < -0.4 is 4.74 Å². The van der Waals surface area contributed by atoms with Crippen LogP contribution in [0.4, 0.5) is 4.39 Å². The van der Waals surface area contributed by atoms with Crippen LogP contribution in [0, 0.1) is 16.5 Å². The predicted molar refractivity (Wildman–Crippen MR) is 117 cm³/mol. The standard InChI is InChI=1S/C15H10FI3O6S/c16-9-3-1-8(2-4-9)15(20)25-6-5-24-13-10(17)7-11(18)14(12(13)19)26(21,22)23/h1-4,7H,5-6H2,(H,21,22,23). The summed E-state index contributed by atoms with van der Waals surface area (Å²) >= 11 is 5.57.